The number of esters is 1. The molecular formula is C19H13Cl2FN4O4. The van der Waals surface area contributed by atoms with Crippen molar-refractivity contribution in [2.24, 2.45) is 0 Å². The van der Waals surface area contributed by atoms with Crippen molar-refractivity contribution in [1.82, 2.24) is 9.97 Å². The van der Waals surface area contributed by atoms with Crippen molar-refractivity contribution in [3.63, 3.8) is 0 Å². The van der Waals surface area contributed by atoms with Gasteiger partial charge in [-0.2, -0.15) is 0 Å². The third-order valence-corrected chi connectivity index (χ3v) is 4.80. The highest BCUT2D eigenvalue weighted by Crippen LogP contribution is 2.37. The molecule has 0 radical (unpaired) electrons. The Hall–Kier alpha value is -3.30. The molecule has 1 aromatic heterocycles. The largest absolute Gasteiger partial charge is 0.464 e. The maximum absolute atomic E-state index is 13.9. The summed E-state index contributed by atoms with van der Waals surface area (Å²) < 4.78 is 18.7. The van der Waals surface area contributed by atoms with Crippen LogP contribution in [0.15, 0.2) is 42.5 Å². The van der Waals surface area contributed by atoms with E-state index in [-0.39, 0.29) is 44.3 Å². The SMILES string of the molecule is COC(=O)c1nc(-c2ccc(Cl)c(F)c2)nc(N(C)c2ccccc2[N+](=O)[O-])c1Cl. The Morgan fingerprint density at radius 2 is 1.90 bits per heavy atom. The van der Waals surface area contributed by atoms with Gasteiger partial charge in [0.25, 0.3) is 5.69 Å². The molecule has 0 aliphatic carbocycles. The van der Waals surface area contributed by atoms with Gasteiger partial charge in [-0.1, -0.05) is 35.3 Å². The molecule has 0 saturated carbocycles. The number of hydrogen-bond acceptors (Lipinski definition) is 7. The molecule has 1 heterocycles. The second-order valence-corrected chi connectivity index (χ2v) is 6.74. The number of anilines is 2. The molecule has 0 atom stereocenters. The zero-order chi connectivity index (χ0) is 22.0. The van der Waals surface area contributed by atoms with Gasteiger partial charge >= 0.3 is 5.97 Å². The van der Waals surface area contributed by atoms with Gasteiger partial charge in [0.15, 0.2) is 17.3 Å². The average Bonchev–Trinajstić information content (AvgIpc) is 2.74. The molecule has 0 aliphatic rings. The van der Waals surface area contributed by atoms with Crippen LogP contribution in [0.4, 0.5) is 21.6 Å². The number of benzene rings is 2. The molecule has 0 N–H and O–H groups in total. The van der Waals surface area contributed by atoms with E-state index in [4.69, 9.17) is 27.9 Å². The number of nitro benzene ring substituents is 1. The monoisotopic (exact) mass is 450 g/mol. The van der Waals surface area contributed by atoms with Crippen LogP contribution in [-0.2, 0) is 4.74 Å². The zero-order valence-electron chi connectivity index (χ0n) is 15.6. The topological polar surface area (TPSA) is 98.5 Å². The summed E-state index contributed by atoms with van der Waals surface area (Å²) in [7, 11) is 2.64. The van der Waals surface area contributed by atoms with Crippen LogP contribution in [0.1, 0.15) is 10.5 Å². The zero-order valence-corrected chi connectivity index (χ0v) is 17.1. The van der Waals surface area contributed by atoms with Gasteiger partial charge in [-0.05, 0) is 24.3 Å². The first-order valence-electron chi connectivity index (χ1n) is 8.33. The molecule has 0 unspecified atom stereocenters. The van der Waals surface area contributed by atoms with E-state index in [1.165, 1.54) is 42.3 Å². The summed E-state index contributed by atoms with van der Waals surface area (Å²) in [6.45, 7) is 0. The van der Waals surface area contributed by atoms with Gasteiger partial charge in [0.05, 0.1) is 17.1 Å². The maximum Gasteiger partial charge on any atom is 0.358 e. The standard InChI is InChI=1S/C19H13Cl2FN4O4/c1-25(13-5-3-4-6-14(13)26(28)29)18-15(21)16(19(27)30-2)23-17(24-18)10-7-8-11(20)12(22)9-10/h3-9H,1-2H3. The van der Waals surface area contributed by atoms with E-state index in [1.807, 2.05) is 0 Å². The van der Waals surface area contributed by atoms with Crippen LogP contribution in [0, 0.1) is 15.9 Å². The van der Waals surface area contributed by atoms with Crippen LogP contribution in [0.2, 0.25) is 10.0 Å². The molecule has 0 amide bonds. The molecule has 30 heavy (non-hydrogen) atoms. The third-order valence-electron chi connectivity index (χ3n) is 4.15. The van der Waals surface area contributed by atoms with E-state index in [9.17, 15) is 19.3 Å². The van der Waals surface area contributed by atoms with E-state index in [1.54, 1.807) is 6.07 Å². The normalized spacial score (nSPS) is 10.6. The summed E-state index contributed by atoms with van der Waals surface area (Å²) in [5, 5.41) is 11.1. The summed E-state index contributed by atoms with van der Waals surface area (Å²) in [5.41, 5.74) is -0.0866. The first-order valence-corrected chi connectivity index (χ1v) is 9.08. The molecule has 0 fully saturated rings. The molecule has 0 aliphatic heterocycles. The van der Waals surface area contributed by atoms with Gasteiger partial charge in [-0.3, -0.25) is 10.1 Å². The molecule has 2 aromatic carbocycles. The van der Waals surface area contributed by atoms with Gasteiger partial charge in [-0.15, -0.1) is 0 Å². The maximum atomic E-state index is 13.9. The molecule has 0 saturated heterocycles. The number of methoxy groups -OCH3 is 1. The molecule has 0 spiro atoms. The fourth-order valence-electron chi connectivity index (χ4n) is 2.67. The minimum atomic E-state index is -0.852. The average molecular weight is 451 g/mol. The first-order chi connectivity index (χ1) is 14.2. The number of rotatable bonds is 5. The Morgan fingerprint density at radius 1 is 1.20 bits per heavy atom. The lowest BCUT2D eigenvalue weighted by molar-refractivity contribution is -0.384. The van der Waals surface area contributed by atoms with Crippen molar-refractivity contribution in [2.75, 3.05) is 19.1 Å². The quantitative estimate of drug-likeness (QED) is 0.304. The van der Waals surface area contributed by atoms with Crippen molar-refractivity contribution < 1.29 is 18.8 Å². The number of para-hydroxylation sites is 2. The van der Waals surface area contributed by atoms with Gasteiger partial charge in [0.2, 0.25) is 0 Å². The van der Waals surface area contributed by atoms with Gasteiger partial charge in [0.1, 0.15) is 16.5 Å². The Bertz CT molecular complexity index is 1160. The Morgan fingerprint density at radius 3 is 2.53 bits per heavy atom. The second kappa shape index (κ2) is 8.60. The molecule has 154 valence electrons. The molecule has 11 heteroatoms. The summed E-state index contributed by atoms with van der Waals surface area (Å²) in [4.78, 5) is 32.8. The summed E-state index contributed by atoms with van der Waals surface area (Å²) in [6.07, 6.45) is 0. The molecule has 0 bridgehead atoms. The lowest BCUT2D eigenvalue weighted by Gasteiger charge is -2.21. The van der Waals surface area contributed by atoms with Crippen LogP contribution < -0.4 is 4.90 Å². The second-order valence-electron chi connectivity index (χ2n) is 5.96. The van der Waals surface area contributed by atoms with Crippen LogP contribution in [0.3, 0.4) is 0 Å². The van der Waals surface area contributed by atoms with E-state index < -0.39 is 16.7 Å². The fraction of sp³-hybridized carbons (Fsp3) is 0.105. The first kappa shape index (κ1) is 21.4. The van der Waals surface area contributed by atoms with E-state index >= 15 is 0 Å². The fourth-order valence-corrected chi connectivity index (χ4v) is 3.08. The number of aromatic nitrogens is 2. The highest BCUT2D eigenvalue weighted by Gasteiger charge is 2.26. The number of nitrogens with zero attached hydrogens (tertiary/aromatic N) is 4. The van der Waals surface area contributed by atoms with Gasteiger partial charge in [0, 0.05) is 18.7 Å². The number of carbonyl (C=O) groups is 1. The minimum Gasteiger partial charge on any atom is -0.464 e. The number of hydrogen-bond donors (Lipinski definition) is 0. The lowest BCUT2D eigenvalue weighted by Crippen LogP contribution is -2.17. The Balaban J connectivity index is 2.24. The predicted octanol–water partition coefficient (Wildman–Crippen LogP) is 5.05. The summed E-state index contributed by atoms with van der Waals surface area (Å²) in [6, 6.07) is 9.80. The van der Waals surface area contributed by atoms with Gasteiger partial charge < -0.3 is 9.64 Å². The summed E-state index contributed by atoms with van der Waals surface area (Å²) >= 11 is 12.1. The Kier molecular flexibility index (Phi) is 6.14. The highest BCUT2D eigenvalue weighted by molar-refractivity contribution is 6.35. The smallest absolute Gasteiger partial charge is 0.358 e. The van der Waals surface area contributed by atoms with Crippen LogP contribution in [-0.4, -0.2) is 35.0 Å². The van der Waals surface area contributed by atoms with Crippen LogP contribution >= 0.6 is 23.2 Å². The van der Waals surface area contributed by atoms with Crippen molar-refractivity contribution in [3.8, 4) is 11.4 Å². The van der Waals surface area contributed by atoms with Crippen LogP contribution in [0.5, 0.6) is 0 Å². The molecule has 3 aromatic rings. The molecular weight excluding hydrogens is 438 g/mol. The van der Waals surface area contributed by atoms with Crippen molar-refractivity contribution in [1.29, 1.82) is 0 Å². The predicted molar refractivity (Wildman–Crippen MR) is 110 cm³/mol. The van der Waals surface area contributed by atoms with Crippen molar-refractivity contribution in [3.05, 3.63) is 74.1 Å². The minimum absolute atomic E-state index is 0.00766. The number of carbonyl (C=O) groups excluding carboxylic acids is 1. The number of ether oxygens (including phenoxy) is 1. The van der Waals surface area contributed by atoms with Gasteiger partial charge in [-0.25, -0.2) is 19.2 Å². The van der Waals surface area contributed by atoms with E-state index in [0.717, 1.165) is 13.2 Å². The molecule has 3 rings (SSSR count). The van der Waals surface area contributed by atoms with E-state index in [2.05, 4.69) is 9.97 Å². The number of nitro groups is 1. The lowest BCUT2D eigenvalue weighted by atomic mass is 10.2. The highest BCUT2D eigenvalue weighted by atomic mass is 35.5. The number of halogens is 3. The third kappa shape index (κ3) is 4.03. The molecule has 8 nitrogen and oxygen atoms in total. The van der Waals surface area contributed by atoms with E-state index in [0.29, 0.717) is 0 Å². The van der Waals surface area contributed by atoms with Crippen LogP contribution in [0.25, 0.3) is 11.4 Å². The summed E-state index contributed by atoms with van der Waals surface area (Å²) in [5.74, 6) is -1.61. The van der Waals surface area contributed by atoms with Crippen molar-refractivity contribution in [2.45, 2.75) is 0 Å². The van der Waals surface area contributed by atoms with Crippen molar-refractivity contribution >= 4 is 46.4 Å². The Labute approximate surface area is 180 Å².